The molecule has 1 aromatic heterocycles. The SMILES string of the molecule is Cc1ccc([N+](=O)[O-])cc1S(=O)(=O)N(C)/N=C/c1cncc2cc(Br)ccc12. The lowest BCUT2D eigenvalue weighted by Gasteiger charge is -2.15. The van der Waals surface area contributed by atoms with E-state index in [0.29, 0.717) is 11.1 Å². The number of pyridine rings is 1. The maximum absolute atomic E-state index is 12.8. The molecule has 28 heavy (non-hydrogen) atoms. The number of aromatic nitrogens is 1. The highest BCUT2D eigenvalue weighted by atomic mass is 79.9. The van der Waals surface area contributed by atoms with E-state index >= 15 is 0 Å². The molecule has 0 aliphatic rings. The Balaban J connectivity index is 1.98. The molecule has 3 aromatic rings. The molecule has 0 aliphatic heterocycles. The molecule has 0 fully saturated rings. The number of hydrogen-bond donors (Lipinski definition) is 0. The second-order valence-electron chi connectivity index (χ2n) is 5.98. The Bertz CT molecular complexity index is 1210. The van der Waals surface area contributed by atoms with Gasteiger partial charge < -0.3 is 0 Å². The summed E-state index contributed by atoms with van der Waals surface area (Å²) in [7, 11) is -2.78. The number of nitrogens with zero attached hydrogens (tertiary/aromatic N) is 4. The van der Waals surface area contributed by atoms with Gasteiger partial charge in [-0.25, -0.2) is 0 Å². The molecule has 0 aliphatic carbocycles. The summed E-state index contributed by atoms with van der Waals surface area (Å²) >= 11 is 3.40. The second kappa shape index (κ2) is 7.64. The van der Waals surface area contributed by atoms with Gasteiger partial charge in [0, 0.05) is 47.0 Å². The summed E-state index contributed by atoms with van der Waals surface area (Å²) in [6.45, 7) is 1.57. The Morgan fingerprint density at radius 2 is 1.96 bits per heavy atom. The number of hydrogen-bond acceptors (Lipinski definition) is 6. The molecule has 0 saturated heterocycles. The summed E-state index contributed by atoms with van der Waals surface area (Å²) in [6, 6.07) is 9.33. The van der Waals surface area contributed by atoms with Crippen molar-refractivity contribution < 1.29 is 13.3 Å². The number of rotatable bonds is 5. The minimum Gasteiger partial charge on any atom is -0.263 e. The standard InChI is InChI=1S/C18H15BrN4O4S/c1-12-3-5-16(23(24)25)8-18(12)28(26,27)22(2)21-11-14-10-20-9-13-7-15(19)4-6-17(13)14/h3-11H,1-2H3/b21-11+. The number of hydrazone groups is 1. The van der Waals surface area contributed by atoms with Crippen molar-refractivity contribution >= 4 is 48.6 Å². The number of benzene rings is 2. The van der Waals surface area contributed by atoms with Crippen LogP contribution in [0.4, 0.5) is 5.69 Å². The van der Waals surface area contributed by atoms with E-state index in [1.165, 1.54) is 25.4 Å². The van der Waals surface area contributed by atoms with Crippen molar-refractivity contribution in [1.29, 1.82) is 0 Å². The van der Waals surface area contributed by atoms with Gasteiger partial charge in [-0.1, -0.05) is 28.1 Å². The quantitative estimate of drug-likeness (QED) is 0.325. The van der Waals surface area contributed by atoms with E-state index in [0.717, 1.165) is 25.7 Å². The first kappa shape index (κ1) is 19.9. The lowest BCUT2D eigenvalue weighted by atomic mass is 10.1. The van der Waals surface area contributed by atoms with Crippen LogP contribution in [0.25, 0.3) is 10.8 Å². The minimum absolute atomic E-state index is 0.165. The Kier molecular flexibility index (Phi) is 5.43. The summed E-state index contributed by atoms with van der Waals surface area (Å²) in [6.07, 6.45) is 4.68. The van der Waals surface area contributed by atoms with Crippen LogP contribution < -0.4 is 0 Å². The number of nitro groups is 1. The molecule has 0 atom stereocenters. The first-order chi connectivity index (χ1) is 13.2. The summed E-state index contributed by atoms with van der Waals surface area (Å²) in [5.41, 5.74) is 0.734. The lowest BCUT2D eigenvalue weighted by Crippen LogP contribution is -2.23. The fourth-order valence-corrected chi connectivity index (χ4v) is 4.18. The molecule has 0 bridgehead atoms. The van der Waals surface area contributed by atoms with Gasteiger partial charge in [-0.2, -0.15) is 17.9 Å². The van der Waals surface area contributed by atoms with Gasteiger partial charge in [0.05, 0.1) is 16.0 Å². The predicted molar refractivity (Wildman–Crippen MR) is 110 cm³/mol. The zero-order chi connectivity index (χ0) is 20.5. The van der Waals surface area contributed by atoms with E-state index < -0.39 is 14.9 Å². The van der Waals surface area contributed by atoms with E-state index in [1.54, 1.807) is 19.3 Å². The number of halogens is 1. The first-order valence-electron chi connectivity index (χ1n) is 8.01. The molecule has 3 rings (SSSR count). The van der Waals surface area contributed by atoms with E-state index in [1.807, 2.05) is 18.2 Å². The maximum Gasteiger partial charge on any atom is 0.279 e. The Morgan fingerprint density at radius 3 is 2.68 bits per heavy atom. The summed E-state index contributed by atoms with van der Waals surface area (Å²) in [5, 5.41) is 16.7. The average molecular weight is 463 g/mol. The Morgan fingerprint density at radius 1 is 1.21 bits per heavy atom. The molecule has 2 aromatic carbocycles. The molecule has 0 unspecified atom stereocenters. The molecule has 0 saturated carbocycles. The van der Waals surface area contributed by atoms with E-state index in [2.05, 4.69) is 26.0 Å². The van der Waals surface area contributed by atoms with Crippen LogP contribution in [0.2, 0.25) is 0 Å². The zero-order valence-corrected chi connectivity index (χ0v) is 17.3. The number of sulfonamides is 1. The van der Waals surface area contributed by atoms with Crippen LogP contribution in [-0.4, -0.2) is 36.0 Å². The van der Waals surface area contributed by atoms with Gasteiger partial charge in [0.2, 0.25) is 0 Å². The largest absolute Gasteiger partial charge is 0.279 e. The second-order valence-corrected chi connectivity index (χ2v) is 8.82. The highest BCUT2D eigenvalue weighted by molar-refractivity contribution is 9.10. The molecule has 0 N–H and O–H groups in total. The minimum atomic E-state index is -4.05. The summed E-state index contributed by atoms with van der Waals surface area (Å²) in [5.74, 6) is 0. The third-order valence-corrected chi connectivity index (χ3v) is 6.40. The van der Waals surface area contributed by atoms with Gasteiger partial charge >= 0.3 is 0 Å². The van der Waals surface area contributed by atoms with Crippen LogP contribution >= 0.6 is 15.9 Å². The highest BCUT2D eigenvalue weighted by Crippen LogP contribution is 2.25. The van der Waals surface area contributed by atoms with Crippen molar-refractivity contribution in [3.05, 3.63) is 74.5 Å². The molecule has 8 nitrogen and oxygen atoms in total. The molecule has 1 heterocycles. The number of non-ortho nitro benzene ring substituents is 1. The fraction of sp³-hybridized carbons (Fsp3) is 0.111. The summed E-state index contributed by atoms with van der Waals surface area (Å²) < 4.78 is 27.3. The van der Waals surface area contributed by atoms with Gasteiger partial charge in [-0.05, 0) is 30.0 Å². The van der Waals surface area contributed by atoms with Gasteiger partial charge in [0.25, 0.3) is 15.7 Å². The number of aryl methyl sites for hydroxylation is 1. The van der Waals surface area contributed by atoms with Gasteiger partial charge in [-0.3, -0.25) is 15.1 Å². The molecule has 0 radical (unpaired) electrons. The molecule has 0 spiro atoms. The Labute approximate surface area is 169 Å². The van der Waals surface area contributed by atoms with Crippen LogP contribution in [0.1, 0.15) is 11.1 Å². The number of nitro benzene ring substituents is 1. The van der Waals surface area contributed by atoms with E-state index in [9.17, 15) is 18.5 Å². The van der Waals surface area contributed by atoms with E-state index in [4.69, 9.17) is 0 Å². The van der Waals surface area contributed by atoms with Crippen LogP contribution in [0.15, 0.2) is 63.3 Å². The van der Waals surface area contributed by atoms with Crippen molar-refractivity contribution in [2.45, 2.75) is 11.8 Å². The van der Waals surface area contributed by atoms with E-state index in [-0.39, 0.29) is 10.6 Å². The van der Waals surface area contributed by atoms with Crippen LogP contribution in [0.3, 0.4) is 0 Å². The first-order valence-corrected chi connectivity index (χ1v) is 10.2. The smallest absolute Gasteiger partial charge is 0.263 e. The monoisotopic (exact) mass is 462 g/mol. The topological polar surface area (TPSA) is 106 Å². The normalized spacial score (nSPS) is 11.8. The lowest BCUT2D eigenvalue weighted by molar-refractivity contribution is -0.385. The van der Waals surface area contributed by atoms with Crippen molar-refractivity contribution in [2.75, 3.05) is 7.05 Å². The van der Waals surface area contributed by atoms with Crippen molar-refractivity contribution in [1.82, 2.24) is 9.40 Å². The molecular formula is C18H15BrN4O4S. The fourth-order valence-electron chi connectivity index (χ4n) is 2.60. The third kappa shape index (κ3) is 3.87. The highest BCUT2D eigenvalue weighted by Gasteiger charge is 2.24. The number of fused-ring (bicyclic) bond motifs is 1. The van der Waals surface area contributed by atoms with Gasteiger partial charge in [0.15, 0.2) is 0 Å². The van der Waals surface area contributed by atoms with Crippen LogP contribution in [-0.2, 0) is 10.0 Å². The molecule has 10 heteroatoms. The average Bonchev–Trinajstić information content (AvgIpc) is 2.65. The van der Waals surface area contributed by atoms with Gasteiger partial charge in [0.1, 0.15) is 0 Å². The zero-order valence-electron chi connectivity index (χ0n) is 14.9. The molecule has 0 amide bonds. The van der Waals surface area contributed by atoms with Crippen molar-refractivity contribution in [3.8, 4) is 0 Å². The van der Waals surface area contributed by atoms with Crippen LogP contribution in [0, 0.1) is 17.0 Å². The summed E-state index contributed by atoms with van der Waals surface area (Å²) in [4.78, 5) is 14.3. The molecular weight excluding hydrogens is 448 g/mol. The Hall–Kier alpha value is -2.85. The van der Waals surface area contributed by atoms with Crippen molar-refractivity contribution in [3.63, 3.8) is 0 Å². The maximum atomic E-state index is 12.8. The van der Waals surface area contributed by atoms with Gasteiger partial charge in [-0.15, -0.1) is 0 Å². The predicted octanol–water partition coefficient (Wildman–Crippen LogP) is 3.87. The van der Waals surface area contributed by atoms with Crippen molar-refractivity contribution in [2.24, 2.45) is 5.10 Å². The third-order valence-electron chi connectivity index (χ3n) is 4.12. The molecule has 144 valence electrons. The van der Waals surface area contributed by atoms with Crippen LogP contribution in [0.5, 0.6) is 0 Å².